The zero-order valence-corrected chi connectivity index (χ0v) is 12.3. The lowest BCUT2D eigenvalue weighted by Crippen LogP contribution is -2.37. The van der Waals surface area contributed by atoms with E-state index in [1.807, 2.05) is 29.2 Å². The lowest BCUT2D eigenvalue weighted by atomic mass is 9.91. The second-order valence-corrected chi connectivity index (χ2v) is 6.53. The maximum absolute atomic E-state index is 13.0. The molecule has 1 atom stereocenters. The monoisotopic (exact) mass is 286 g/mol. The van der Waals surface area contributed by atoms with Crippen LogP contribution < -0.4 is 15.0 Å². The molecule has 0 bridgehead atoms. The van der Waals surface area contributed by atoms with Crippen molar-refractivity contribution in [2.45, 2.75) is 25.7 Å². The summed E-state index contributed by atoms with van der Waals surface area (Å²) in [6.45, 7) is 3.59. The van der Waals surface area contributed by atoms with Crippen molar-refractivity contribution < 1.29 is 9.53 Å². The molecule has 4 nitrogen and oxygen atoms in total. The summed E-state index contributed by atoms with van der Waals surface area (Å²) in [4.78, 5) is 15.0. The van der Waals surface area contributed by atoms with E-state index in [4.69, 9.17) is 4.74 Å². The van der Waals surface area contributed by atoms with Gasteiger partial charge < -0.3 is 15.0 Å². The maximum atomic E-state index is 13.0. The van der Waals surface area contributed by atoms with Crippen molar-refractivity contribution >= 4 is 11.6 Å². The lowest BCUT2D eigenvalue weighted by Gasteiger charge is -2.26. The van der Waals surface area contributed by atoms with E-state index in [1.54, 1.807) is 0 Å². The Morgan fingerprint density at radius 2 is 2.10 bits per heavy atom. The van der Waals surface area contributed by atoms with Gasteiger partial charge in [-0.05, 0) is 56.3 Å². The highest BCUT2D eigenvalue weighted by molar-refractivity contribution is 5.98. The van der Waals surface area contributed by atoms with Crippen molar-refractivity contribution in [3.8, 4) is 5.75 Å². The molecule has 1 aromatic carbocycles. The predicted octanol–water partition coefficient (Wildman–Crippen LogP) is 2.19. The normalized spacial score (nSPS) is 26.7. The molecule has 1 unspecified atom stereocenters. The number of fused-ring (bicyclic) bond motifs is 1. The molecule has 1 N–H and O–H groups in total. The maximum Gasteiger partial charge on any atom is 0.230 e. The summed E-state index contributed by atoms with van der Waals surface area (Å²) in [5.74, 6) is 1.39. The third-order valence-electron chi connectivity index (χ3n) is 5.29. The van der Waals surface area contributed by atoms with E-state index in [0.717, 1.165) is 56.8 Å². The van der Waals surface area contributed by atoms with Gasteiger partial charge in [0.1, 0.15) is 5.75 Å². The Morgan fingerprint density at radius 3 is 2.95 bits per heavy atom. The van der Waals surface area contributed by atoms with Crippen molar-refractivity contribution in [3.63, 3.8) is 0 Å². The van der Waals surface area contributed by atoms with Gasteiger partial charge in [0, 0.05) is 12.5 Å². The molecular formula is C17H22N2O2. The van der Waals surface area contributed by atoms with E-state index < -0.39 is 0 Å². The summed E-state index contributed by atoms with van der Waals surface area (Å²) in [6.07, 6.45) is 4.28. The highest BCUT2D eigenvalue weighted by atomic mass is 16.5. The van der Waals surface area contributed by atoms with Crippen LogP contribution >= 0.6 is 0 Å². The first-order valence-corrected chi connectivity index (χ1v) is 8.04. The van der Waals surface area contributed by atoms with Gasteiger partial charge in [0.25, 0.3) is 0 Å². The Hall–Kier alpha value is -1.55. The van der Waals surface area contributed by atoms with Crippen LogP contribution in [0.1, 0.15) is 25.7 Å². The van der Waals surface area contributed by atoms with E-state index in [9.17, 15) is 4.79 Å². The van der Waals surface area contributed by atoms with E-state index in [-0.39, 0.29) is 5.92 Å². The third kappa shape index (κ3) is 2.22. The van der Waals surface area contributed by atoms with Crippen LogP contribution in [-0.4, -0.2) is 32.1 Å². The number of carbonyl (C=O) groups is 1. The molecule has 1 saturated carbocycles. The van der Waals surface area contributed by atoms with Crippen LogP contribution in [0.15, 0.2) is 24.3 Å². The lowest BCUT2D eigenvalue weighted by molar-refractivity contribution is -0.120. The van der Waals surface area contributed by atoms with E-state index >= 15 is 0 Å². The predicted molar refractivity (Wildman–Crippen MR) is 81.6 cm³/mol. The van der Waals surface area contributed by atoms with Gasteiger partial charge in [-0.3, -0.25) is 4.79 Å². The molecule has 0 radical (unpaired) electrons. The minimum absolute atomic E-state index is 0.228. The number of hydrogen-bond donors (Lipinski definition) is 1. The van der Waals surface area contributed by atoms with Crippen molar-refractivity contribution in [1.29, 1.82) is 0 Å². The molecule has 112 valence electrons. The second kappa shape index (κ2) is 5.02. The van der Waals surface area contributed by atoms with Crippen LogP contribution in [-0.2, 0) is 4.79 Å². The summed E-state index contributed by atoms with van der Waals surface area (Å²) in [6, 6.07) is 7.93. The largest absolute Gasteiger partial charge is 0.491 e. The van der Waals surface area contributed by atoms with E-state index in [2.05, 4.69) is 5.32 Å². The van der Waals surface area contributed by atoms with E-state index in [1.165, 1.54) is 0 Å². The van der Waals surface area contributed by atoms with Gasteiger partial charge in [0.15, 0.2) is 0 Å². The van der Waals surface area contributed by atoms with Gasteiger partial charge in [0.05, 0.1) is 12.3 Å². The number of nitrogens with zero attached hydrogens (tertiary/aromatic N) is 1. The molecule has 1 saturated heterocycles. The number of anilines is 1. The SMILES string of the molecule is O=C(C1CC12CCNCC2)N1CCCOc2ccccc21. The van der Waals surface area contributed by atoms with Crippen LogP contribution in [0.4, 0.5) is 5.69 Å². The Bertz CT molecular complexity index is 551. The number of nitrogens with one attached hydrogen (secondary N) is 1. The number of ether oxygens (including phenoxy) is 1. The van der Waals surface area contributed by atoms with Crippen LogP contribution in [0.3, 0.4) is 0 Å². The molecule has 2 heterocycles. The minimum atomic E-state index is 0.228. The van der Waals surface area contributed by atoms with Crippen molar-refractivity contribution in [3.05, 3.63) is 24.3 Å². The van der Waals surface area contributed by atoms with Crippen LogP contribution in [0.2, 0.25) is 0 Å². The molecule has 0 aromatic heterocycles. The minimum Gasteiger partial charge on any atom is -0.491 e. The van der Waals surface area contributed by atoms with Crippen LogP contribution in [0, 0.1) is 11.3 Å². The quantitative estimate of drug-likeness (QED) is 0.860. The first kappa shape index (κ1) is 13.1. The zero-order valence-electron chi connectivity index (χ0n) is 12.3. The van der Waals surface area contributed by atoms with Gasteiger partial charge in [0.2, 0.25) is 5.91 Å². The highest BCUT2D eigenvalue weighted by Crippen LogP contribution is 2.59. The summed E-state index contributed by atoms with van der Waals surface area (Å²) in [5.41, 5.74) is 1.25. The molecule has 4 heteroatoms. The van der Waals surface area contributed by atoms with Gasteiger partial charge >= 0.3 is 0 Å². The molecule has 2 aliphatic heterocycles. The summed E-state index contributed by atoms with van der Waals surface area (Å²) >= 11 is 0. The average molecular weight is 286 g/mol. The number of rotatable bonds is 1. The van der Waals surface area contributed by atoms with Crippen molar-refractivity contribution in [2.75, 3.05) is 31.1 Å². The van der Waals surface area contributed by atoms with Gasteiger partial charge in [-0.25, -0.2) is 0 Å². The number of amides is 1. The fourth-order valence-corrected chi connectivity index (χ4v) is 3.92. The molecule has 3 aliphatic rings. The Morgan fingerprint density at radius 1 is 1.29 bits per heavy atom. The first-order valence-electron chi connectivity index (χ1n) is 8.04. The molecule has 1 aromatic rings. The molecule has 1 amide bonds. The van der Waals surface area contributed by atoms with Gasteiger partial charge in [-0.2, -0.15) is 0 Å². The smallest absolute Gasteiger partial charge is 0.230 e. The van der Waals surface area contributed by atoms with Crippen LogP contribution in [0.25, 0.3) is 0 Å². The topological polar surface area (TPSA) is 41.6 Å². The van der Waals surface area contributed by atoms with Crippen molar-refractivity contribution in [1.82, 2.24) is 5.32 Å². The average Bonchev–Trinajstić information content (AvgIpc) is 3.25. The zero-order chi connectivity index (χ0) is 14.3. The first-order chi connectivity index (χ1) is 10.3. The Balaban J connectivity index is 1.57. The standard InChI is InChI=1S/C17H22N2O2/c20-16(13-12-17(13)6-8-18-9-7-17)19-10-3-11-21-15-5-2-1-4-14(15)19/h1-2,4-5,13,18H,3,6-12H2. The fraction of sp³-hybridized carbons (Fsp3) is 0.588. The molecule has 1 spiro atoms. The third-order valence-corrected chi connectivity index (χ3v) is 5.29. The fourth-order valence-electron chi connectivity index (χ4n) is 3.92. The van der Waals surface area contributed by atoms with Gasteiger partial charge in [-0.1, -0.05) is 12.1 Å². The molecular weight excluding hydrogens is 264 g/mol. The van der Waals surface area contributed by atoms with E-state index in [0.29, 0.717) is 17.9 Å². The number of carbonyl (C=O) groups excluding carboxylic acids is 1. The molecule has 1 aliphatic carbocycles. The Kier molecular flexibility index (Phi) is 3.14. The Labute approximate surface area is 125 Å². The number of hydrogen-bond acceptors (Lipinski definition) is 3. The molecule has 4 rings (SSSR count). The van der Waals surface area contributed by atoms with Crippen LogP contribution in [0.5, 0.6) is 5.75 Å². The van der Waals surface area contributed by atoms with Gasteiger partial charge in [-0.15, -0.1) is 0 Å². The molecule has 2 fully saturated rings. The molecule has 21 heavy (non-hydrogen) atoms. The van der Waals surface area contributed by atoms with Crippen molar-refractivity contribution in [2.24, 2.45) is 11.3 Å². The number of piperidine rings is 1. The second-order valence-electron chi connectivity index (χ2n) is 6.53. The number of benzene rings is 1. The summed E-state index contributed by atoms with van der Waals surface area (Å²) in [7, 11) is 0. The summed E-state index contributed by atoms with van der Waals surface area (Å²) in [5, 5.41) is 3.40. The highest BCUT2D eigenvalue weighted by Gasteiger charge is 2.58. The summed E-state index contributed by atoms with van der Waals surface area (Å²) < 4.78 is 5.76. The number of para-hydroxylation sites is 2.